The molecular weight excluding hydrogens is 434 g/mol. The Labute approximate surface area is 202 Å². The van der Waals surface area contributed by atoms with Crippen molar-refractivity contribution in [3.05, 3.63) is 125 Å². The van der Waals surface area contributed by atoms with Gasteiger partial charge in [0, 0.05) is 11.5 Å². The summed E-state index contributed by atoms with van der Waals surface area (Å²) >= 11 is 0. The summed E-state index contributed by atoms with van der Waals surface area (Å²) in [6.45, 7) is 0. The van der Waals surface area contributed by atoms with E-state index in [-0.39, 0.29) is 17.7 Å². The van der Waals surface area contributed by atoms with E-state index in [0.717, 1.165) is 39.7 Å². The predicted molar refractivity (Wildman–Crippen MR) is 133 cm³/mol. The minimum atomic E-state index is -1.18. The van der Waals surface area contributed by atoms with Crippen molar-refractivity contribution in [3.63, 3.8) is 0 Å². The summed E-state index contributed by atoms with van der Waals surface area (Å²) in [6, 6.07) is 32.9. The third kappa shape index (κ3) is 2.39. The van der Waals surface area contributed by atoms with Crippen molar-refractivity contribution in [2.75, 3.05) is 4.90 Å². The Morgan fingerprint density at radius 2 is 1.23 bits per heavy atom. The summed E-state index contributed by atoms with van der Waals surface area (Å²) in [5, 5.41) is 0. The van der Waals surface area contributed by atoms with Crippen LogP contribution in [0.3, 0.4) is 0 Å². The monoisotopic (exact) mass is 455 g/mol. The normalized spacial score (nSPS) is 25.7. The summed E-state index contributed by atoms with van der Waals surface area (Å²) in [4.78, 5) is 42.9. The van der Waals surface area contributed by atoms with Crippen molar-refractivity contribution in [3.8, 4) is 11.1 Å². The molecule has 4 nitrogen and oxygen atoms in total. The Morgan fingerprint density at radius 1 is 0.657 bits per heavy atom. The maximum atomic E-state index is 14.3. The van der Waals surface area contributed by atoms with Crippen molar-refractivity contribution in [1.29, 1.82) is 0 Å². The Hall–Kier alpha value is -4.31. The van der Waals surface area contributed by atoms with E-state index in [0.29, 0.717) is 5.69 Å². The SMILES string of the molecule is O=CC12c3ccccc3C(c3ccccc31)[C@H]1C(=O)N(c3ccccc3-c3ccccc3)C(=O)[C@H]12. The second-order valence-electron chi connectivity index (χ2n) is 9.54. The van der Waals surface area contributed by atoms with E-state index in [1.165, 1.54) is 4.90 Å². The van der Waals surface area contributed by atoms with Crippen molar-refractivity contribution in [2.45, 2.75) is 11.3 Å². The molecule has 3 aliphatic carbocycles. The van der Waals surface area contributed by atoms with Gasteiger partial charge in [-0.05, 0) is 33.9 Å². The van der Waals surface area contributed by atoms with E-state index in [4.69, 9.17) is 0 Å². The van der Waals surface area contributed by atoms with Crippen molar-refractivity contribution in [2.24, 2.45) is 11.8 Å². The van der Waals surface area contributed by atoms with Gasteiger partial charge in [0.15, 0.2) is 0 Å². The molecule has 35 heavy (non-hydrogen) atoms. The van der Waals surface area contributed by atoms with E-state index in [2.05, 4.69) is 0 Å². The molecule has 168 valence electrons. The number of nitrogens with zero attached hydrogens (tertiary/aromatic N) is 1. The first-order valence-electron chi connectivity index (χ1n) is 11.9. The van der Waals surface area contributed by atoms with Gasteiger partial charge < -0.3 is 4.79 Å². The van der Waals surface area contributed by atoms with Gasteiger partial charge in [0.05, 0.1) is 22.9 Å². The van der Waals surface area contributed by atoms with Crippen LogP contribution in [-0.2, 0) is 19.8 Å². The molecule has 1 heterocycles. The fraction of sp³-hybridized carbons (Fsp3) is 0.129. The standard InChI is InChI=1S/C31H21NO3/c33-18-31-23-15-7-4-13-21(23)26(22-14-5-8-16-24(22)31)27-28(31)30(35)32(29(27)34)25-17-9-6-12-20(25)19-10-2-1-3-11-19/h1-18,26-28H/t26?,27-,28+,31?/m1/s1. The lowest BCUT2D eigenvalue weighted by Gasteiger charge is -2.51. The van der Waals surface area contributed by atoms with E-state index >= 15 is 0 Å². The van der Waals surface area contributed by atoms with E-state index in [9.17, 15) is 14.4 Å². The number of para-hydroxylation sites is 1. The van der Waals surface area contributed by atoms with Gasteiger partial charge in [-0.1, -0.05) is 97.1 Å². The van der Waals surface area contributed by atoms with Gasteiger partial charge in [0.25, 0.3) is 0 Å². The molecule has 2 bridgehead atoms. The summed E-state index contributed by atoms with van der Waals surface area (Å²) in [7, 11) is 0. The van der Waals surface area contributed by atoms with Crippen LogP contribution in [0.5, 0.6) is 0 Å². The number of hydrogen-bond donors (Lipinski definition) is 0. The molecule has 0 saturated carbocycles. The molecule has 4 heteroatoms. The minimum Gasteiger partial charge on any atom is -0.302 e. The molecule has 8 rings (SSSR count). The predicted octanol–water partition coefficient (Wildman–Crippen LogP) is 5.10. The Morgan fingerprint density at radius 3 is 1.89 bits per heavy atom. The molecule has 0 spiro atoms. The maximum Gasteiger partial charge on any atom is 0.239 e. The number of rotatable bonds is 3. The third-order valence-electron chi connectivity index (χ3n) is 8.10. The second-order valence-corrected chi connectivity index (χ2v) is 9.54. The quantitative estimate of drug-likeness (QED) is 0.319. The molecule has 0 unspecified atom stereocenters. The van der Waals surface area contributed by atoms with Gasteiger partial charge in [-0.15, -0.1) is 0 Å². The van der Waals surface area contributed by atoms with Gasteiger partial charge in [-0.3, -0.25) is 9.59 Å². The molecule has 0 aromatic heterocycles. The summed E-state index contributed by atoms with van der Waals surface area (Å²) < 4.78 is 0. The van der Waals surface area contributed by atoms with E-state index in [1.54, 1.807) is 0 Å². The number of amides is 2. The van der Waals surface area contributed by atoms with Gasteiger partial charge in [-0.2, -0.15) is 0 Å². The summed E-state index contributed by atoms with van der Waals surface area (Å²) in [6.07, 6.45) is 0.912. The van der Waals surface area contributed by atoms with Gasteiger partial charge in [-0.25, -0.2) is 4.90 Å². The molecule has 4 aliphatic rings. The third-order valence-corrected chi connectivity index (χ3v) is 8.10. The molecule has 1 aliphatic heterocycles. The summed E-state index contributed by atoms with van der Waals surface area (Å²) in [5.41, 5.74) is 4.76. The Bertz CT molecular complexity index is 1490. The number of benzene rings is 4. The van der Waals surface area contributed by atoms with Crippen LogP contribution in [0.4, 0.5) is 5.69 Å². The van der Waals surface area contributed by atoms with Crippen molar-refractivity contribution < 1.29 is 14.4 Å². The molecule has 2 amide bonds. The molecule has 1 fully saturated rings. The number of carbonyl (C=O) groups excluding carboxylic acids is 3. The van der Waals surface area contributed by atoms with Gasteiger partial charge >= 0.3 is 0 Å². The molecule has 1 saturated heterocycles. The molecule has 0 N–H and O–H groups in total. The highest BCUT2D eigenvalue weighted by atomic mass is 16.2. The highest BCUT2D eigenvalue weighted by Gasteiger charge is 2.68. The van der Waals surface area contributed by atoms with Crippen LogP contribution in [-0.4, -0.2) is 18.1 Å². The Kier molecular flexibility index (Phi) is 4.07. The van der Waals surface area contributed by atoms with Crippen molar-refractivity contribution in [1.82, 2.24) is 0 Å². The van der Waals surface area contributed by atoms with Crippen LogP contribution in [0.25, 0.3) is 11.1 Å². The number of aldehydes is 1. The highest BCUT2D eigenvalue weighted by Crippen LogP contribution is 2.63. The van der Waals surface area contributed by atoms with E-state index < -0.39 is 17.3 Å². The lowest BCUT2D eigenvalue weighted by molar-refractivity contribution is -0.128. The van der Waals surface area contributed by atoms with Gasteiger partial charge in [0.1, 0.15) is 6.29 Å². The van der Waals surface area contributed by atoms with Crippen molar-refractivity contribution >= 4 is 23.8 Å². The van der Waals surface area contributed by atoms with Crippen LogP contribution in [0.15, 0.2) is 103 Å². The number of hydrogen-bond acceptors (Lipinski definition) is 3. The zero-order chi connectivity index (χ0) is 23.7. The second kappa shape index (κ2) is 7.09. The molecule has 4 aromatic rings. The molecule has 2 atom stereocenters. The lowest BCUT2D eigenvalue weighted by Crippen LogP contribution is -2.54. The van der Waals surface area contributed by atoms with Crippen LogP contribution >= 0.6 is 0 Å². The summed E-state index contributed by atoms with van der Waals surface area (Å²) in [5.74, 6) is -2.19. The van der Waals surface area contributed by atoms with Crippen LogP contribution in [0.1, 0.15) is 28.2 Å². The zero-order valence-corrected chi connectivity index (χ0v) is 18.8. The lowest BCUT2D eigenvalue weighted by atomic mass is 9.48. The topological polar surface area (TPSA) is 54.5 Å². The first-order chi connectivity index (χ1) is 17.2. The van der Waals surface area contributed by atoms with E-state index in [1.807, 2.05) is 103 Å². The zero-order valence-electron chi connectivity index (χ0n) is 18.8. The highest BCUT2D eigenvalue weighted by molar-refractivity contribution is 6.26. The largest absolute Gasteiger partial charge is 0.302 e. The molecule has 0 radical (unpaired) electrons. The first kappa shape index (κ1) is 20.1. The minimum absolute atomic E-state index is 0.233. The average Bonchev–Trinajstić information content (AvgIpc) is 3.19. The number of imide groups is 1. The smallest absolute Gasteiger partial charge is 0.239 e. The average molecular weight is 456 g/mol. The van der Waals surface area contributed by atoms with Crippen LogP contribution in [0.2, 0.25) is 0 Å². The molecule has 4 aromatic carbocycles. The first-order valence-corrected chi connectivity index (χ1v) is 11.9. The Balaban J connectivity index is 1.48. The maximum absolute atomic E-state index is 14.3. The fourth-order valence-corrected chi connectivity index (χ4v) is 6.80. The molecular formula is C31H21NO3. The number of anilines is 1. The van der Waals surface area contributed by atoms with Gasteiger partial charge in [0.2, 0.25) is 11.8 Å². The van der Waals surface area contributed by atoms with Crippen LogP contribution in [0, 0.1) is 11.8 Å². The fourth-order valence-electron chi connectivity index (χ4n) is 6.80. The van der Waals surface area contributed by atoms with Crippen LogP contribution < -0.4 is 4.90 Å². The number of carbonyl (C=O) groups is 3.